The van der Waals surface area contributed by atoms with Crippen LogP contribution in [0.5, 0.6) is 0 Å². The van der Waals surface area contributed by atoms with Crippen LogP contribution in [0.25, 0.3) is 0 Å². The van der Waals surface area contributed by atoms with Gasteiger partial charge in [-0.3, -0.25) is 4.79 Å². The molecule has 0 aliphatic carbocycles. The number of rotatable bonds is 3. The van der Waals surface area contributed by atoms with Gasteiger partial charge in [0, 0.05) is 7.05 Å². The van der Waals surface area contributed by atoms with Gasteiger partial charge in [0.2, 0.25) is 0 Å². The van der Waals surface area contributed by atoms with Crippen molar-refractivity contribution in [2.24, 2.45) is 0 Å². The minimum Gasteiger partial charge on any atom is -0.334 e. The number of aldehydes is 1. The number of hydrogen-bond donors (Lipinski definition) is 0. The first-order valence-corrected chi connectivity index (χ1v) is 4.36. The van der Waals surface area contributed by atoms with Crippen molar-refractivity contribution in [3.05, 3.63) is 22.4 Å². The van der Waals surface area contributed by atoms with Crippen LogP contribution in [0.3, 0.4) is 0 Å². The highest BCUT2D eigenvalue weighted by Crippen LogP contribution is 2.10. The van der Waals surface area contributed by atoms with E-state index in [-0.39, 0.29) is 12.5 Å². The van der Waals surface area contributed by atoms with Crippen LogP contribution in [0, 0.1) is 0 Å². The first-order valence-electron chi connectivity index (χ1n) is 3.48. The van der Waals surface area contributed by atoms with E-state index in [2.05, 4.69) is 0 Å². The van der Waals surface area contributed by atoms with Crippen molar-refractivity contribution in [1.82, 2.24) is 4.90 Å². The van der Waals surface area contributed by atoms with Crippen LogP contribution in [0.4, 0.5) is 0 Å². The maximum atomic E-state index is 11.4. The Balaban J connectivity index is 2.65. The second-order valence-corrected chi connectivity index (χ2v) is 3.28. The van der Waals surface area contributed by atoms with Crippen LogP contribution in [0.2, 0.25) is 0 Å². The van der Waals surface area contributed by atoms with Gasteiger partial charge in [0.15, 0.2) is 0 Å². The summed E-state index contributed by atoms with van der Waals surface area (Å²) in [4.78, 5) is 23.5. The van der Waals surface area contributed by atoms with Crippen molar-refractivity contribution < 1.29 is 9.59 Å². The Labute approximate surface area is 74.6 Å². The van der Waals surface area contributed by atoms with Gasteiger partial charge in [-0.15, -0.1) is 11.3 Å². The van der Waals surface area contributed by atoms with Gasteiger partial charge in [0.25, 0.3) is 5.91 Å². The Kier molecular flexibility index (Phi) is 2.99. The molecule has 0 saturated heterocycles. The second kappa shape index (κ2) is 4.01. The number of hydrogen-bond acceptors (Lipinski definition) is 3. The van der Waals surface area contributed by atoms with Crippen LogP contribution in [-0.4, -0.2) is 30.7 Å². The molecule has 0 saturated carbocycles. The van der Waals surface area contributed by atoms with Gasteiger partial charge < -0.3 is 9.69 Å². The maximum Gasteiger partial charge on any atom is 0.264 e. The molecule has 0 aromatic carbocycles. The summed E-state index contributed by atoms with van der Waals surface area (Å²) in [6.45, 7) is 0.150. The van der Waals surface area contributed by atoms with E-state index in [1.54, 1.807) is 13.1 Å². The van der Waals surface area contributed by atoms with Gasteiger partial charge in [-0.1, -0.05) is 6.07 Å². The van der Waals surface area contributed by atoms with E-state index in [0.717, 1.165) is 0 Å². The van der Waals surface area contributed by atoms with E-state index in [4.69, 9.17) is 0 Å². The van der Waals surface area contributed by atoms with Crippen molar-refractivity contribution in [3.63, 3.8) is 0 Å². The molecule has 1 amide bonds. The fourth-order valence-corrected chi connectivity index (χ4v) is 1.50. The van der Waals surface area contributed by atoms with E-state index < -0.39 is 0 Å². The molecule has 0 fully saturated rings. The number of amides is 1. The summed E-state index contributed by atoms with van der Waals surface area (Å²) >= 11 is 1.38. The SMILES string of the molecule is CN(CC=O)C(=O)c1cccs1. The van der Waals surface area contributed by atoms with Crippen molar-refractivity contribution >= 4 is 23.5 Å². The van der Waals surface area contributed by atoms with Crippen molar-refractivity contribution in [2.45, 2.75) is 0 Å². The highest BCUT2D eigenvalue weighted by atomic mass is 32.1. The summed E-state index contributed by atoms with van der Waals surface area (Å²) in [6.07, 6.45) is 0.714. The van der Waals surface area contributed by atoms with Crippen molar-refractivity contribution in [3.8, 4) is 0 Å². The molecule has 3 nitrogen and oxygen atoms in total. The lowest BCUT2D eigenvalue weighted by Gasteiger charge is -2.11. The number of carbonyl (C=O) groups excluding carboxylic acids is 2. The van der Waals surface area contributed by atoms with E-state index in [0.29, 0.717) is 11.2 Å². The Hall–Kier alpha value is -1.16. The zero-order chi connectivity index (χ0) is 8.97. The van der Waals surface area contributed by atoms with E-state index in [9.17, 15) is 9.59 Å². The predicted molar refractivity (Wildman–Crippen MR) is 47.3 cm³/mol. The summed E-state index contributed by atoms with van der Waals surface area (Å²) in [5, 5.41) is 1.84. The van der Waals surface area contributed by atoms with E-state index >= 15 is 0 Å². The Morgan fingerprint density at radius 1 is 1.75 bits per heavy atom. The normalized spacial score (nSPS) is 9.42. The molecule has 1 rings (SSSR count). The largest absolute Gasteiger partial charge is 0.334 e. The Bertz CT molecular complexity index is 269. The average molecular weight is 183 g/mol. The molecular formula is C8H9NO2S. The quantitative estimate of drug-likeness (QED) is 0.656. The van der Waals surface area contributed by atoms with Gasteiger partial charge in [0.1, 0.15) is 6.29 Å². The smallest absolute Gasteiger partial charge is 0.264 e. The van der Waals surface area contributed by atoms with E-state index in [1.165, 1.54) is 16.2 Å². The third-order valence-electron chi connectivity index (χ3n) is 1.43. The lowest BCUT2D eigenvalue weighted by Crippen LogP contribution is -2.27. The van der Waals surface area contributed by atoms with Crippen LogP contribution in [-0.2, 0) is 4.79 Å². The maximum absolute atomic E-state index is 11.4. The summed E-state index contributed by atoms with van der Waals surface area (Å²) in [5.41, 5.74) is 0. The first-order chi connectivity index (χ1) is 5.75. The summed E-state index contributed by atoms with van der Waals surface area (Å²) in [7, 11) is 1.61. The molecular weight excluding hydrogens is 174 g/mol. The Morgan fingerprint density at radius 3 is 3.00 bits per heavy atom. The molecule has 64 valence electrons. The monoisotopic (exact) mass is 183 g/mol. The third-order valence-corrected chi connectivity index (χ3v) is 2.28. The molecule has 0 radical (unpaired) electrons. The molecule has 0 N–H and O–H groups in total. The highest BCUT2D eigenvalue weighted by Gasteiger charge is 2.10. The zero-order valence-corrected chi connectivity index (χ0v) is 7.50. The molecule has 1 heterocycles. The topological polar surface area (TPSA) is 37.4 Å². The summed E-state index contributed by atoms with van der Waals surface area (Å²) < 4.78 is 0. The third kappa shape index (κ3) is 1.92. The molecule has 1 aromatic heterocycles. The van der Waals surface area contributed by atoms with Gasteiger partial charge in [-0.05, 0) is 11.4 Å². The fraction of sp³-hybridized carbons (Fsp3) is 0.250. The molecule has 12 heavy (non-hydrogen) atoms. The molecule has 0 spiro atoms. The first kappa shape index (κ1) is 8.93. The van der Waals surface area contributed by atoms with Crippen molar-refractivity contribution in [2.75, 3.05) is 13.6 Å². The molecule has 0 atom stereocenters. The zero-order valence-electron chi connectivity index (χ0n) is 6.69. The highest BCUT2D eigenvalue weighted by molar-refractivity contribution is 7.12. The molecule has 4 heteroatoms. The van der Waals surface area contributed by atoms with E-state index in [1.807, 2.05) is 11.4 Å². The molecule has 0 unspecified atom stereocenters. The standard InChI is InChI=1S/C8H9NO2S/c1-9(4-5-10)8(11)7-3-2-6-12-7/h2-3,5-6H,4H2,1H3. The summed E-state index contributed by atoms with van der Waals surface area (Å²) in [5.74, 6) is -0.0999. The molecule has 1 aromatic rings. The number of carbonyl (C=O) groups is 2. The van der Waals surface area contributed by atoms with Gasteiger partial charge in [-0.25, -0.2) is 0 Å². The molecule has 0 bridgehead atoms. The predicted octanol–water partition coefficient (Wildman–Crippen LogP) is 1.02. The van der Waals surface area contributed by atoms with Crippen molar-refractivity contribution in [1.29, 1.82) is 0 Å². The Morgan fingerprint density at radius 2 is 2.50 bits per heavy atom. The number of nitrogens with zero attached hydrogens (tertiary/aromatic N) is 1. The van der Waals surface area contributed by atoms with Gasteiger partial charge in [-0.2, -0.15) is 0 Å². The van der Waals surface area contributed by atoms with Gasteiger partial charge in [0.05, 0.1) is 11.4 Å². The van der Waals surface area contributed by atoms with Crippen LogP contribution in [0.15, 0.2) is 17.5 Å². The molecule has 0 aliphatic rings. The lowest BCUT2D eigenvalue weighted by molar-refractivity contribution is -0.108. The second-order valence-electron chi connectivity index (χ2n) is 2.33. The number of thiophene rings is 1. The minimum atomic E-state index is -0.0999. The minimum absolute atomic E-state index is 0.0999. The van der Waals surface area contributed by atoms with Crippen LogP contribution >= 0.6 is 11.3 Å². The lowest BCUT2D eigenvalue weighted by atomic mass is 10.4. The van der Waals surface area contributed by atoms with Crippen LogP contribution < -0.4 is 0 Å². The molecule has 0 aliphatic heterocycles. The van der Waals surface area contributed by atoms with Gasteiger partial charge >= 0.3 is 0 Å². The number of likely N-dealkylation sites (N-methyl/N-ethyl adjacent to an activating group) is 1. The average Bonchev–Trinajstić information content (AvgIpc) is 2.55. The van der Waals surface area contributed by atoms with Crippen LogP contribution in [0.1, 0.15) is 9.67 Å². The fourth-order valence-electron chi connectivity index (χ4n) is 0.783. The summed E-state index contributed by atoms with van der Waals surface area (Å²) in [6, 6.07) is 3.56.